The molecule has 148 valence electrons. The van der Waals surface area contributed by atoms with Crippen LogP contribution in [0.15, 0.2) is 36.4 Å². The number of thiophene rings is 1. The SMILES string of the molecule is CCN(CC)C(=O)c1sc2nc(Cc3ccccc3)cc(C(F)(F)F)c2c1N. The maximum Gasteiger partial charge on any atom is 0.417 e. The third-order valence-electron chi connectivity index (χ3n) is 4.53. The van der Waals surface area contributed by atoms with E-state index < -0.39 is 11.7 Å². The highest BCUT2D eigenvalue weighted by atomic mass is 32.1. The topological polar surface area (TPSA) is 59.2 Å². The normalized spacial score (nSPS) is 11.8. The molecule has 2 aromatic heterocycles. The minimum Gasteiger partial charge on any atom is -0.397 e. The van der Waals surface area contributed by atoms with Gasteiger partial charge in [0.1, 0.15) is 9.71 Å². The van der Waals surface area contributed by atoms with Crippen LogP contribution >= 0.6 is 11.3 Å². The number of benzene rings is 1. The lowest BCUT2D eigenvalue weighted by molar-refractivity contribution is -0.136. The second-order valence-electron chi connectivity index (χ2n) is 6.32. The van der Waals surface area contributed by atoms with Crippen LogP contribution in [0.3, 0.4) is 0 Å². The highest BCUT2D eigenvalue weighted by molar-refractivity contribution is 7.21. The van der Waals surface area contributed by atoms with Gasteiger partial charge in [-0.1, -0.05) is 30.3 Å². The number of rotatable bonds is 5. The van der Waals surface area contributed by atoms with Crippen LogP contribution in [0.1, 0.15) is 40.3 Å². The molecule has 0 atom stereocenters. The van der Waals surface area contributed by atoms with E-state index >= 15 is 0 Å². The van der Waals surface area contributed by atoms with Crippen molar-refractivity contribution in [3.8, 4) is 0 Å². The van der Waals surface area contributed by atoms with E-state index in [-0.39, 0.29) is 38.8 Å². The number of alkyl halides is 3. The first-order valence-corrected chi connectivity index (χ1v) is 9.70. The van der Waals surface area contributed by atoms with E-state index in [1.807, 2.05) is 44.2 Å². The van der Waals surface area contributed by atoms with Crippen molar-refractivity contribution >= 4 is 33.1 Å². The fourth-order valence-corrected chi connectivity index (χ4v) is 4.21. The second-order valence-corrected chi connectivity index (χ2v) is 7.32. The standard InChI is InChI=1S/C20H20F3N3OS/c1-3-26(4-2)19(27)17-16(24)15-14(20(21,22)23)11-13(25-18(15)28-17)10-12-8-6-5-7-9-12/h5-9,11H,3-4,10,24H2,1-2H3. The number of nitrogens with two attached hydrogens (primary N) is 1. The maximum atomic E-state index is 13.7. The largest absolute Gasteiger partial charge is 0.417 e. The number of anilines is 1. The van der Waals surface area contributed by atoms with Gasteiger partial charge in [0.15, 0.2) is 0 Å². The molecule has 0 aliphatic carbocycles. The summed E-state index contributed by atoms with van der Waals surface area (Å²) in [5.74, 6) is -0.372. The van der Waals surface area contributed by atoms with Gasteiger partial charge in [-0.25, -0.2) is 4.98 Å². The Morgan fingerprint density at radius 1 is 1.18 bits per heavy atom. The van der Waals surface area contributed by atoms with Crippen molar-refractivity contribution < 1.29 is 18.0 Å². The van der Waals surface area contributed by atoms with Crippen molar-refractivity contribution in [3.05, 3.63) is 58.1 Å². The summed E-state index contributed by atoms with van der Waals surface area (Å²) >= 11 is 0.919. The second kappa shape index (κ2) is 7.79. The fraction of sp³-hybridized carbons (Fsp3) is 0.300. The third-order valence-corrected chi connectivity index (χ3v) is 5.62. The van der Waals surface area contributed by atoms with Crippen LogP contribution in [-0.2, 0) is 12.6 Å². The van der Waals surface area contributed by atoms with E-state index in [2.05, 4.69) is 4.98 Å². The van der Waals surface area contributed by atoms with Crippen LogP contribution in [0, 0.1) is 0 Å². The number of fused-ring (bicyclic) bond motifs is 1. The molecule has 0 saturated carbocycles. The van der Waals surface area contributed by atoms with Gasteiger partial charge in [-0.05, 0) is 25.5 Å². The van der Waals surface area contributed by atoms with Crippen molar-refractivity contribution in [2.75, 3.05) is 18.8 Å². The van der Waals surface area contributed by atoms with Crippen LogP contribution in [0.25, 0.3) is 10.2 Å². The Labute approximate surface area is 164 Å². The average molecular weight is 407 g/mol. The van der Waals surface area contributed by atoms with Gasteiger partial charge in [0, 0.05) is 30.6 Å². The highest BCUT2D eigenvalue weighted by Gasteiger charge is 2.36. The zero-order valence-electron chi connectivity index (χ0n) is 15.5. The Bertz CT molecular complexity index is 995. The summed E-state index contributed by atoms with van der Waals surface area (Å²) in [6.45, 7) is 4.51. The molecule has 8 heteroatoms. The molecule has 0 fully saturated rings. The zero-order valence-corrected chi connectivity index (χ0v) is 16.3. The van der Waals surface area contributed by atoms with Gasteiger partial charge in [-0.3, -0.25) is 4.79 Å². The number of nitrogen functional groups attached to an aromatic ring is 1. The van der Waals surface area contributed by atoms with E-state index in [4.69, 9.17) is 5.73 Å². The number of aromatic nitrogens is 1. The van der Waals surface area contributed by atoms with Crippen molar-refractivity contribution in [3.63, 3.8) is 0 Å². The van der Waals surface area contributed by atoms with Gasteiger partial charge < -0.3 is 10.6 Å². The van der Waals surface area contributed by atoms with Crippen molar-refractivity contribution in [1.82, 2.24) is 9.88 Å². The molecule has 0 aliphatic heterocycles. The van der Waals surface area contributed by atoms with Gasteiger partial charge in [-0.15, -0.1) is 11.3 Å². The molecule has 2 heterocycles. The fourth-order valence-electron chi connectivity index (χ4n) is 3.10. The van der Waals surface area contributed by atoms with E-state index in [1.54, 1.807) is 0 Å². The first-order valence-electron chi connectivity index (χ1n) is 8.88. The smallest absolute Gasteiger partial charge is 0.397 e. The number of carbonyl (C=O) groups is 1. The quantitative estimate of drug-likeness (QED) is 0.650. The van der Waals surface area contributed by atoms with Gasteiger partial charge in [0.2, 0.25) is 0 Å². The first-order chi connectivity index (χ1) is 13.3. The highest BCUT2D eigenvalue weighted by Crippen LogP contribution is 2.42. The number of nitrogens with zero attached hydrogens (tertiary/aromatic N) is 2. The van der Waals surface area contributed by atoms with Crippen LogP contribution < -0.4 is 5.73 Å². The minimum absolute atomic E-state index is 0.105. The Morgan fingerprint density at radius 3 is 2.39 bits per heavy atom. The lowest BCUT2D eigenvalue weighted by Gasteiger charge is -2.17. The van der Waals surface area contributed by atoms with E-state index in [0.29, 0.717) is 13.1 Å². The molecule has 1 amide bonds. The third kappa shape index (κ3) is 3.82. The number of pyridine rings is 1. The lowest BCUT2D eigenvalue weighted by atomic mass is 10.0. The van der Waals surface area contributed by atoms with E-state index in [1.165, 1.54) is 4.90 Å². The molecule has 2 N–H and O–H groups in total. The molecule has 0 aliphatic rings. The van der Waals surface area contributed by atoms with Crippen LogP contribution in [0.5, 0.6) is 0 Å². The first kappa shape index (κ1) is 20.1. The lowest BCUT2D eigenvalue weighted by Crippen LogP contribution is -2.30. The molecule has 3 aromatic rings. The summed E-state index contributed by atoms with van der Waals surface area (Å²) in [7, 11) is 0. The predicted molar refractivity (Wildman–Crippen MR) is 106 cm³/mol. The molecule has 4 nitrogen and oxygen atoms in total. The number of hydrogen-bond acceptors (Lipinski definition) is 4. The molecule has 0 spiro atoms. The van der Waals surface area contributed by atoms with Gasteiger partial charge >= 0.3 is 6.18 Å². The summed E-state index contributed by atoms with van der Waals surface area (Å²) in [5.41, 5.74) is 6.15. The van der Waals surface area contributed by atoms with Gasteiger partial charge in [-0.2, -0.15) is 13.2 Å². The Morgan fingerprint density at radius 2 is 1.82 bits per heavy atom. The van der Waals surface area contributed by atoms with Crippen LogP contribution in [0.4, 0.5) is 18.9 Å². The average Bonchev–Trinajstić information content (AvgIpc) is 2.98. The summed E-state index contributed by atoms with van der Waals surface area (Å²) in [6.07, 6.45) is -4.34. The van der Waals surface area contributed by atoms with Crippen LogP contribution in [-0.4, -0.2) is 28.9 Å². The maximum absolute atomic E-state index is 13.7. The zero-order chi connectivity index (χ0) is 20.5. The molecule has 3 rings (SSSR count). The summed E-state index contributed by atoms with van der Waals surface area (Å²) < 4.78 is 41.2. The molecular weight excluding hydrogens is 387 g/mol. The van der Waals surface area contributed by atoms with E-state index in [0.717, 1.165) is 23.0 Å². The number of amides is 1. The molecule has 0 bridgehead atoms. The summed E-state index contributed by atoms with van der Waals surface area (Å²) in [6, 6.07) is 10.2. The Kier molecular flexibility index (Phi) is 5.60. The monoisotopic (exact) mass is 407 g/mol. The summed E-state index contributed by atoms with van der Waals surface area (Å²) in [5, 5.41) is -0.190. The van der Waals surface area contributed by atoms with Crippen molar-refractivity contribution in [2.24, 2.45) is 0 Å². The Hall–Kier alpha value is -2.61. The molecule has 0 saturated heterocycles. The van der Waals surface area contributed by atoms with Crippen molar-refractivity contribution in [2.45, 2.75) is 26.4 Å². The number of hydrogen-bond donors (Lipinski definition) is 1. The summed E-state index contributed by atoms with van der Waals surface area (Å²) in [4.78, 5) is 18.8. The van der Waals surface area contributed by atoms with Crippen LogP contribution in [0.2, 0.25) is 0 Å². The molecular formula is C20H20F3N3OS. The number of carbonyl (C=O) groups excluding carboxylic acids is 1. The number of halogens is 3. The van der Waals surface area contributed by atoms with Crippen molar-refractivity contribution in [1.29, 1.82) is 0 Å². The molecule has 28 heavy (non-hydrogen) atoms. The predicted octanol–water partition coefficient (Wildman–Crippen LogP) is 4.97. The Balaban J connectivity index is 2.16. The molecule has 1 aromatic carbocycles. The molecule has 0 radical (unpaired) electrons. The van der Waals surface area contributed by atoms with E-state index in [9.17, 15) is 18.0 Å². The minimum atomic E-state index is -4.60. The van der Waals surface area contributed by atoms with Gasteiger partial charge in [0.05, 0.1) is 11.3 Å². The molecule has 0 unspecified atom stereocenters. The van der Waals surface area contributed by atoms with Gasteiger partial charge in [0.25, 0.3) is 5.91 Å².